The van der Waals surface area contributed by atoms with Gasteiger partial charge in [-0.05, 0) is 54.9 Å². The Morgan fingerprint density at radius 3 is 2.48 bits per heavy atom. The molecule has 0 aliphatic heterocycles. The molecule has 2 N–H and O–H groups in total. The van der Waals surface area contributed by atoms with Crippen LogP contribution >= 0.6 is 15.9 Å². The summed E-state index contributed by atoms with van der Waals surface area (Å²) in [7, 11) is -2.11. The number of carbonyl (C=O) groups is 1. The molecule has 0 fully saturated rings. The van der Waals surface area contributed by atoms with Gasteiger partial charge in [0.15, 0.2) is 0 Å². The molecule has 5 nitrogen and oxygen atoms in total. The summed E-state index contributed by atoms with van der Waals surface area (Å²) in [5.74, 6) is -0.521. The highest BCUT2D eigenvalue weighted by molar-refractivity contribution is 9.10. The molecule has 0 unspecified atom stereocenters. The van der Waals surface area contributed by atoms with Crippen LogP contribution in [0.3, 0.4) is 0 Å². The van der Waals surface area contributed by atoms with Crippen LogP contribution in [-0.2, 0) is 27.8 Å². The molecule has 0 bridgehead atoms. The fraction of sp³-hybridized carbons (Fsp3) is 0.235. The van der Waals surface area contributed by atoms with Crippen LogP contribution in [0.5, 0.6) is 0 Å². The van der Waals surface area contributed by atoms with Gasteiger partial charge in [-0.3, -0.25) is 4.79 Å². The molecule has 134 valence electrons. The number of sulfonamides is 1. The van der Waals surface area contributed by atoms with Crippen molar-refractivity contribution in [1.82, 2.24) is 10.0 Å². The third-order valence-corrected chi connectivity index (χ3v) is 5.83. The Labute approximate surface area is 154 Å². The summed E-state index contributed by atoms with van der Waals surface area (Å²) in [5, 5.41) is 2.74. The van der Waals surface area contributed by atoms with Crippen LogP contribution in [0.25, 0.3) is 0 Å². The van der Waals surface area contributed by atoms with Gasteiger partial charge in [-0.1, -0.05) is 28.1 Å². The van der Waals surface area contributed by atoms with Gasteiger partial charge in [-0.25, -0.2) is 17.5 Å². The normalized spacial score (nSPS) is 11.3. The van der Waals surface area contributed by atoms with E-state index in [1.54, 1.807) is 18.2 Å². The lowest BCUT2D eigenvalue weighted by Crippen LogP contribution is -2.23. The predicted molar refractivity (Wildman–Crippen MR) is 97.0 cm³/mol. The lowest BCUT2D eigenvalue weighted by atomic mass is 10.1. The third-order valence-electron chi connectivity index (χ3n) is 3.63. The topological polar surface area (TPSA) is 75.3 Å². The maximum atomic E-state index is 13.2. The average molecular weight is 429 g/mol. The van der Waals surface area contributed by atoms with Crippen LogP contribution < -0.4 is 10.0 Å². The molecule has 25 heavy (non-hydrogen) atoms. The van der Waals surface area contributed by atoms with E-state index in [2.05, 4.69) is 26.0 Å². The van der Waals surface area contributed by atoms with Crippen molar-refractivity contribution in [1.29, 1.82) is 0 Å². The van der Waals surface area contributed by atoms with Crippen LogP contribution in [0.2, 0.25) is 0 Å². The number of amides is 1. The van der Waals surface area contributed by atoms with Crippen LogP contribution in [-0.4, -0.2) is 21.4 Å². The van der Waals surface area contributed by atoms with E-state index in [0.29, 0.717) is 12.0 Å². The summed E-state index contributed by atoms with van der Waals surface area (Å²) in [5.41, 5.74) is 1.52. The van der Waals surface area contributed by atoms with Crippen molar-refractivity contribution < 1.29 is 17.6 Å². The molecule has 1 amide bonds. The molecule has 2 aromatic rings. The van der Waals surface area contributed by atoms with E-state index in [0.717, 1.165) is 10.0 Å². The van der Waals surface area contributed by atoms with Gasteiger partial charge in [0, 0.05) is 17.4 Å². The molecule has 8 heteroatoms. The van der Waals surface area contributed by atoms with Crippen molar-refractivity contribution in [2.24, 2.45) is 0 Å². The quantitative estimate of drug-likeness (QED) is 0.711. The van der Waals surface area contributed by atoms with Gasteiger partial charge < -0.3 is 5.32 Å². The molecule has 0 saturated carbocycles. The Kier molecular flexibility index (Phi) is 6.69. The van der Waals surface area contributed by atoms with E-state index in [1.165, 1.54) is 31.3 Å². The minimum Gasteiger partial charge on any atom is -0.352 e. The van der Waals surface area contributed by atoms with Gasteiger partial charge in [0.25, 0.3) is 0 Å². The molecular weight excluding hydrogens is 411 g/mol. The molecule has 2 rings (SSSR count). The van der Waals surface area contributed by atoms with Gasteiger partial charge in [-0.15, -0.1) is 0 Å². The van der Waals surface area contributed by atoms with Crippen molar-refractivity contribution in [3.63, 3.8) is 0 Å². The summed E-state index contributed by atoms with van der Waals surface area (Å²) < 4.78 is 39.5. The van der Waals surface area contributed by atoms with Gasteiger partial charge in [0.05, 0.1) is 4.90 Å². The van der Waals surface area contributed by atoms with E-state index < -0.39 is 10.0 Å². The zero-order valence-electron chi connectivity index (χ0n) is 13.6. The lowest BCUT2D eigenvalue weighted by Gasteiger charge is -2.08. The zero-order valence-corrected chi connectivity index (χ0v) is 16.0. The molecule has 0 radical (unpaired) electrons. The monoisotopic (exact) mass is 428 g/mol. The number of nitrogens with one attached hydrogen (secondary N) is 2. The van der Waals surface area contributed by atoms with Gasteiger partial charge in [0.2, 0.25) is 15.9 Å². The summed E-state index contributed by atoms with van der Waals surface area (Å²) in [6.45, 7) is 0.233. The minimum atomic E-state index is -3.46. The second-order valence-electron chi connectivity index (χ2n) is 5.36. The standard InChI is InChI=1S/C17H18BrFN2O3S/c1-20-25(23,24)15-6-2-12(3-7-15)4-9-17(22)21-11-13-10-14(19)5-8-16(13)18/h2-3,5-8,10,20H,4,9,11H2,1H3,(H,21,22). The van der Waals surface area contributed by atoms with Crippen LogP contribution in [0.1, 0.15) is 17.5 Å². The lowest BCUT2D eigenvalue weighted by molar-refractivity contribution is -0.121. The fourth-order valence-electron chi connectivity index (χ4n) is 2.17. The van der Waals surface area contributed by atoms with E-state index >= 15 is 0 Å². The first-order valence-electron chi connectivity index (χ1n) is 7.55. The summed E-state index contributed by atoms with van der Waals surface area (Å²) in [6.07, 6.45) is 0.737. The highest BCUT2D eigenvalue weighted by Crippen LogP contribution is 2.17. The summed E-state index contributed by atoms with van der Waals surface area (Å²) >= 11 is 3.31. The highest BCUT2D eigenvalue weighted by Gasteiger charge is 2.11. The first kappa shape index (κ1) is 19.6. The molecule has 0 atom stereocenters. The van der Waals surface area contributed by atoms with Crippen LogP contribution in [0.4, 0.5) is 4.39 Å². The van der Waals surface area contributed by atoms with E-state index in [9.17, 15) is 17.6 Å². The highest BCUT2D eigenvalue weighted by atomic mass is 79.9. The van der Waals surface area contributed by atoms with Gasteiger partial charge >= 0.3 is 0 Å². The van der Waals surface area contributed by atoms with Crippen molar-refractivity contribution in [2.45, 2.75) is 24.3 Å². The summed E-state index contributed by atoms with van der Waals surface area (Å²) in [4.78, 5) is 12.1. The molecule has 0 saturated heterocycles. The Hall–Kier alpha value is -1.77. The van der Waals surface area contributed by atoms with Crippen molar-refractivity contribution in [3.8, 4) is 0 Å². The largest absolute Gasteiger partial charge is 0.352 e. The number of benzene rings is 2. The Morgan fingerprint density at radius 1 is 1.16 bits per heavy atom. The Morgan fingerprint density at radius 2 is 1.84 bits per heavy atom. The van der Waals surface area contributed by atoms with Crippen molar-refractivity contribution in [2.75, 3.05) is 7.05 Å². The molecule has 0 spiro atoms. The van der Waals surface area contributed by atoms with Gasteiger partial charge in [-0.2, -0.15) is 0 Å². The second kappa shape index (κ2) is 8.55. The maximum Gasteiger partial charge on any atom is 0.240 e. The fourth-order valence-corrected chi connectivity index (χ4v) is 3.29. The van der Waals surface area contributed by atoms with E-state index in [1.807, 2.05) is 0 Å². The SMILES string of the molecule is CNS(=O)(=O)c1ccc(CCC(=O)NCc2cc(F)ccc2Br)cc1. The smallest absolute Gasteiger partial charge is 0.240 e. The number of halogens is 2. The number of aryl methyl sites for hydroxylation is 1. The Bertz CT molecular complexity index is 855. The number of hydrogen-bond donors (Lipinski definition) is 2. The predicted octanol–water partition coefficient (Wildman–Crippen LogP) is 2.75. The van der Waals surface area contributed by atoms with E-state index in [-0.39, 0.29) is 29.6 Å². The number of hydrogen-bond acceptors (Lipinski definition) is 3. The molecule has 2 aromatic carbocycles. The molecule has 0 aromatic heterocycles. The first-order valence-corrected chi connectivity index (χ1v) is 9.82. The van der Waals surface area contributed by atoms with Crippen LogP contribution in [0.15, 0.2) is 51.8 Å². The minimum absolute atomic E-state index is 0.164. The molecule has 0 aliphatic rings. The van der Waals surface area contributed by atoms with Crippen molar-refractivity contribution >= 4 is 31.9 Å². The second-order valence-corrected chi connectivity index (χ2v) is 8.10. The van der Waals surface area contributed by atoms with Gasteiger partial charge in [0.1, 0.15) is 5.82 Å². The van der Waals surface area contributed by atoms with E-state index in [4.69, 9.17) is 0 Å². The number of rotatable bonds is 7. The summed E-state index contributed by atoms with van der Waals surface area (Å²) in [6, 6.07) is 10.7. The van der Waals surface area contributed by atoms with Crippen molar-refractivity contribution in [3.05, 3.63) is 63.9 Å². The first-order chi connectivity index (χ1) is 11.8. The zero-order chi connectivity index (χ0) is 18.4. The Balaban J connectivity index is 1.87. The number of carbonyl (C=O) groups excluding carboxylic acids is 1. The average Bonchev–Trinajstić information content (AvgIpc) is 2.61. The molecular formula is C17H18BrFN2O3S. The third kappa shape index (κ3) is 5.62. The molecule has 0 heterocycles. The van der Waals surface area contributed by atoms with Crippen LogP contribution in [0, 0.1) is 5.82 Å². The molecule has 0 aliphatic carbocycles. The maximum absolute atomic E-state index is 13.2.